The minimum atomic E-state index is -0.967. The Morgan fingerprint density at radius 2 is 1.96 bits per heavy atom. The summed E-state index contributed by atoms with van der Waals surface area (Å²) < 4.78 is 4.73. The maximum absolute atomic E-state index is 12.9. The summed E-state index contributed by atoms with van der Waals surface area (Å²) in [4.78, 5) is 41.5. The van der Waals surface area contributed by atoms with E-state index in [1.807, 2.05) is 30.5 Å². The average Bonchev–Trinajstić information content (AvgIpc) is 3.31. The molecule has 2 heterocycles. The number of amides is 2. The number of rotatable bonds is 5. The lowest BCUT2D eigenvalue weighted by Gasteiger charge is -2.23. The fraction of sp³-hybridized carbons (Fsp3) is 0.421. The van der Waals surface area contributed by atoms with Gasteiger partial charge >= 0.3 is 11.9 Å². The fourth-order valence-electron chi connectivity index (χ4n) is 3.29. The molecule has 0 spiro atoms. The van der Waals surface area contributed by atoms with Gasteiger partial charge in [-0.3, -0.25) is 9.59 Å². The zero-order valence-electron chi connectivity index (χ0n) is 14.8. The Labute approximate surface area is 151 Å². The highest BCUT2D eigenvalue weighted by Crippen LogP contribution is 2.20. The van der Waals surface area contributed by atoms with Crippen LogP contribution in [0, 0.1) is 0 Å². The molecule has 1 aliphatic heterocycles. The van der Waals surface area contributed by atoms with Crippen LogP contribution in [0.25, 0.3) is 10.9 Å². The molecular weight excluding hydrogens is 334 g/mol. The van der Waals surface area contributed by atoms with Gasteiger partial charge in [0.1, 0.15) is 6.04 Å². The van der Waals surface area contributed by atoms with E-state index in [9.17, 15) is 14.4 Å². The summed E-state index contributed by atoms with van der Waals surface area (Å²) in [7, 11) is 0. The van der Waals surface area contributed by atoms with E-state index in [0.29, 0.717) is 19.5 Å². The van der Waals surface area contributed by atoms with Gasteiger partial charge in [-0.25, -0.2) is 4.79 Å². The normalized spacial score (nSPS) is 15.0. The number of likely N-dealkylation sites (tertiary alicyclic amines) is 1. The highest BCUT2D eigenvalue weighted by atomic mass is 16.5. The first-order valence-corrected chi connectivity index (χ1v) is 8.91. The predicted octanol–water partition coefficient (Wildman–Crippen LogP) is 1.38. The number of aromatic nitrogens is 1. The highest BCUT2D eigenvalue weighted by Gasteiger charge is 2.30. The van der Waals surface area contributed by atoms with Gasteiger partial charge in [-0.1, -0.05) is 18.2 Å². The molecule has 0 radical (unpaired) electrons. The van der Waals surface area contributed by atoms with Crippen molar-refractivity contribution in [2.75, 3.05) is 19.7 Å². The molecule has 1 saturated heterocycles. The second-order valence-corrected chi connectivity index (χ2v) is 6.34. The van der Waals surface area contributed by atoms with Gasteiger partial charge in [0.05, 0.1) is 6.61 Å². The van der Waals surface area contributed by atoms with E-state index < -0.39 is 17.9 Å². The Morgan fingerprint density at radius 1 is 1.23 bits per heavy atom. The summed E-state index contributed by atoms with van der Waals surface area (Å²) >= 11 is 0. The lowest BCUT2D eigenvalue weighted by Crippen LogP contribution is -2.50. The van der Waals surface area contributed by atoms with Crippen molar-refractivity contribution in [3.05, 3.63) is 36.0 Å². The molecule has 0 aliphatic carbocycles. The number of nitrogens with one attached hydrogen (secondary N) is 2. The summed E-state index contributed by atoms with van der Waals surface area (Å²) in [6.07, 6.45) is 4.06. The van der Waals surface area contributed by atoms with Gasteiger partial charge in [0.25, 0.3) is 0 Å². The lowest BCUT2D eigenvalue weighted by atomic mass is 10.0. The minimum absolute atomic E-state index is 0.111. The second-order valence-electron chi connectivity index (χ2n) is 6.34. The molecule has 0 saturated carbocycles. The Bertz CT molecular complexity index is 808. The van der Waals surface area contributed by atoms with E-state index in [1.165, 1.54) is 0 Å². The van der Waals surface area contributed by atoms with E-state index in [0.717, 1.165) is 29.3 Å². The number of H-pyrrole nitrogens is 1. The molecule has 7 heteroatoms. The van der Waals surface area contributed by atoms with Crippen LogP contribution >= 0.6 is 0 Å². The van der Waals surface area contributed by atoms with Crippen LogP contribution in [0.4, 0.5) is 0 Å². The molecule has 1 aromatic carbocycles. The third kappa shape index (κ3) is 3.87. The van der Waals surface area contributed by atoms with Crippen molar-refractivity contribution in [1.82, 2.24) is 15.2 Å². The zero-order valence-corrected chi connectivity index (χ0v) is 14.8. The van der Waals surface area contributed by atoms with Gasteiger partial charge < -0.3 is 19.9 Å². The topological polar surface area (TPSA) is 91.5 Å². The first-order chi connectivity index (χ1) is 12.6. The molecule has 2 amide bonds. The summed E-state index contributed by atoms with van der Waals surface area (Å²) in [5.74, 6) is -2.01. The summed E-state index contributed by atoms with van der Waals surface area (Å²) in [6, 6.07) is 6.97. The first kappa shape index (κ1) is 18.0. The Morgan fingerprint density at radius 3 is 2.69 bits per heavy atom. The second kappa shape index (κ2) is 8.03. The smallest absolute Gasteiger partial charge is 0.396 e. The van der Waals surface area contributed by atoms with Crippen LogP contribution in [0.5, 0.6) is 0 Å². The van der Waals surface area contributed by atoms with Gasteiger partial charge in [-0.2, -0.15) is 0 Å². The SMILES string of the molecule is CCOC(=O)C(=O)N[C@@H](Cc1c[nH]c2ccccc12)C(=O)N1CCCC1. The van der Waals surface area contributed by atoms with Gasteiger partial charge in [0, 0.05) is 36.6 Å². The van der Waals surface area contributed by atoms with Crippen molar-refractivity contribution in [1.29, 1.82) is 0 Å². The largest absolute Gasteiger partial charge is 0.459 e. The molecule has 3 rings (SSSR count). The van der Waals surface area contributed by atoms with Crippen LogP contribution in [-0.4, -0.2) is 53.4 Å². The standard InChI is InChI=1S/C19H23N3O4/c1-2-26-19(25)17(23)21-16(18(24)22-9-5-6-10-22)11-13-12-20-15-8-4-3-7-14(13)15/h3-4,7-8,12,16,20H,2,5-6,9-11H2,1H3,(H,21,23)/t16-/m0/s1. The molecule has 1 aromatic heterocycles. The number of esters is 1. The quantitative estimate of drug-likeness (QED) is 0.625. The van der Waals surface area contributed by atoms with Crippen LogP contribution in [0.1, 0.15) is 25.3 Å². The molecule has 7 nitrogen and oxygen atoms in total. The van der Waals surface area contributed by atoms with E-state index in [4.69, 9.17) is 4.74 Å². The maximum Gasteiger partial charge on any atom is 0.396 e. The molecule has 1 atom stereocenters. The van der Waals surface area contributed by atoms with Crippen LogP contribution in [0.2, 0.25) is 0 Å². The van der Waals surface area contributed by atoms with Crippen LogP contribution < -0.4 is 5.32 Å². The Balaban J connectivity index is 1.81. The molecule has 138 valence electrons. The first-order valence-electron chi connectivity index (χ1n) is 8.91. The average molecular weight is 357 g/mol. The molecular formula is C19H23N3O4. The van der Waals surface area contributed by atoms with Crippen molar-refractivity contribution in [2.24, 2.45) is 0 Å². The van der Waals surface area contributed by atoms with Crippen LogP contribution in [-0.2, 0) is 25.5 Å². The molecule has 2 aromatic rings. The van der Waals surface area contributed by atoms with Gasteiger partial charge in [0.15, 0.2) is 0 Å². The molecule has 1 fully saturated rings. The van der Waals surface area contributed by atoms with Crippen molar-refractivity contribution < 1.29 is 19.1 Å². The number of ether oxygens (including phenoxy) is 1. The lowest BCUT2D eigenvalue weighted by molar-refractivity contribution is -0.155. The van der Waals surface area contributed by atoms with Crippen molar-refractivity contribution in [3.8, 4) is 0 Å². The molecule has 26 heavy (non-hydrogen) atoms. The van der Waals surface area contributed by atoms with Crippen molar-refractivity contribution in [3.63, 3.8) is 0 Å². The Kier molecular flexibility index (Phi) is 5.55. The van der Waals surface area contributed by atoms with E-state index in [-0.39, 0.29) is 12.5 Å². The number of hydrogen-bond donors (Lipinski definition) is 2. The number of benzene rings is 1. The van der Waals surface area contributed by atoms with Gasteiger partial charge in [0.2, 0.25) is 5.91 Å². The number of carbonyl (C=O) groups excluding carboxylic acids is 3. The fourth-order valence-corrected chi connectivity index (χ4v) is 3.29. The predicted molar refractivity (Wildman–Crippen MR) is 96.4 cm³/mol. The number of carbonyl (C=O) groups is 3. The monoisotopic (exact) mass is 357 g/mol. The number of para-hydroxylation sites is 1. The van der Waals surface area contributed by atoms with Crippen molar-refractivity contribution >= 4 is 28.7 Å². The number of hydrogen-bond acceptors (Lipinski definition) is 4. The van der Waals surface area contributed by atoms with Gasteiger partial charge in [-0.15, -0.1) is 0 Å². The maximum atomic E-state index is 12.9. The van der Waals surface area contributed by atoms with E-state index in [2.05, 4.69) is 10.3 Å². The minimum Gasteiger partial charge on any atom is -0.459 e. The summed E-state index contributed by atoms with van der Waals surface area (Å²) in [5.41, 5.74) is 1.88. The highest BCUT2D eigenvalue weighted by molar-refractivity contribution is 6.32. The van der Waals surface area contributed by atoms with Crippen molar-refractivity contribution in [2.45, 2.75) is 32.2 Å². The van der Waals surface area contributed by atoms with Crippen LogP contribution in [0.15, 0.2) is 30.5 Å². The zero-order chi connectivity index (χ0) is 18.5. The molecule has 0 bridgehead atoms. The molecule has 2 N–H and O–H groups in total. The number of nitrogens with zero attached hydrogens (tertiary/aromatic N) is 1. The summed E-state index contributed by atoms with van der Waals surface area (Å²) in [5, 5.41) is 3.56. The van der Waals surface area contributed by atoms with E-state index >= 15 is 0 Å². The Hall–Kier alpha value is -2.83. The molecule has 1 aliphatic rings. The van der Waals surface area contributed by atoms with Gasteiger partial charge in [-0.05, 0) is 31.4 Å². The number of fused-ring (bicyclic) bond motifs is 1. The third-order valence-corrected chi connectivity index (χ3v) is 4.58. The van der Waals surface area contributed by atoms with Crippen LogP contribution in [0.3, 0.4) is 0 Å². The van der Waals surface area contributed by atoms with E-state index in [1.54, 1.807) is 11.8 Å². The molecule has 0 unspecified atom stereocenters. The summed E-state index contributed by atoms with van der Waals surface area (Å²) in [6.45, 7) is 3.10. The third-order valence-electron chi connectivity index (χ3n) is 4.58. The number of aromatic amines is 1.